The molecule has 6 nitrogen and oxygen atoms in total. The quantitative estimate of drug-likeness (QED) is 0.736. The summed E-state index contributed by atoms with van der Waals surface area (Å²) in [5.74, 6) is 0.739. The molecule has 0 fully saturated rings. The van der Waals surface area contributed by atoms with E-state index in [0.29, 0.717) is 44.3 Å². The Balaban J connectivity index is 2.05. The van der Waals surface area contributed by atoms with Crippen molar-refractivity contribution in [3.63, 3.8) is 0 Å². The van der Waals surface area contributed by atoms with Crippen LogP contribution in [-0.4, -0.2) is 29.5 Å². The van der Waals surface area contributed by atoms with Gasteiger partial charge in [-0.25, -0.2) is 4.98 Å². The highest BCUT2D eigenvalue weighted by Crippen LogP contribution is 2.30. The van der Waals surface area contributed by atoms with E-state index in [1.807, 2.05) is 0 Å². The largest absolute Gasteiger partial charge is 0.497 e. The van der Waals surface area contributed by atoms with Crippen LogP contribution in [0.5, 0.6) is 11.5 Å². The third-order valence-corrected chi connectivity index (χ3v) is 4.17. The number of aryl methyl sites for hydroxylation is 1. The number of fused-ring (bicyclic) bond motifs is 1. The Morgan fingerprint density at radius 2 is 1.96 bits per heavy atom. The summed E-state index contributed by atoms with van der Waals surface area (Å²) in [5, 5.41) is 3.59. The fourth-order valence-electron chi connectivity index (χ4n) is 2.55. The molecule has 0 aliphatic carbocycles. The summed E-state index contributed by atoms with van der Waals surface area (Å²) in [6.07, 6.45) is 1.60. The predicted octanol–water partition coefficient (Wildman–Crippen LogP) is 4.22. The van der Waals surface area contributed by atoms with Gasteiger partial charge in [0, 0.05) is 12.3 Å². The smallest absolute Gasteiger partial charge is 0.274 e. The number of aromatic nitrogens is 2. The predicted molar refractivity (Wildman–Crippen MR) is 97.4 cm³/mol. The first kappa shape index (κ1) is 17.4. The molecule has 0 saturated heterocycles. The van der Waals surface area contributed by atoms with Crippen LogP contribution < -0.4 is 14.8 Å². The third kappa shape index (κ3) is 3.23. The molecular formula is C17H15Cl2N3O3. The summed E-state index contributed by atoms with van der Waals surface area (Å²) < 4.78 is 12.0. The number of carbonyl (C=O) groups excluding carboxylic acids is 1. The molecule has 0 spiro atoms. The van der Waals surface area contributed by atoms with Crippen molar-refractivity contribution in [1.82, 2.24) is 9.38 Å². The number of amides is 1. The van der Waals surface area contributed by atoms with Crippen LogP contribution in [0.25, 0.3) is 5.65 Å². The fraction of sp³-hybridized carbons (Fsp3) is 0.176. The summed E-state index contributed by atoms with van der Waals surface area (Å²) >= 11 is 12.2. The van der Waals surface area contributed by atoms with Crippen LogP contribution >= 0.6 is 23.2 Å². The number of ether oxygens (including phenoxy) is 2. The molecule has 1 N–H and O–H groups in total. The molecule has 0 radical (unpaired) electrons. The van der Waals surface area contributed by atoms with Crippen molar-refractivity contribution >= 4 is 40.4 Å². The zero-order chi connectivity index (χ0) is 18.1. The van der Waals surface area contributed by atoms with E-state index in [-0.39, 0.29) is 5.91 Å². The monoisotopic (exact) mass is 379 g/mol. The Morgan fingerprint density at radius 3 is 2.64 bits per heavy atom. The first-order valence-electron chi connectivity index (χ1n) is 7.31. The average Bonchev–Trinajstić information content (AvgIpc) is 2.91. The van der Waals surface area contributed by atoms with Crippen LogP contribution in [0.3, 0.4) is 0 Å². The topological polar surface area (TPSA) is 64.9 Å². The van der Waals surface area contributed by atoms with Gasteiger partial charge >= 0.3 is 0 Å². The standard InChI is InChI=1S/C17H15Cl2N3O3/c1-9-15(22-8-10(18)6-12(19)16(22)20-9)17(23)21-13-7-11(24-2)4-5-14(13)25-3/h4-8H,1-3H3,(H,21,23). The normalized spacial score (nSPS) is 10.8. The lowest BCUT2D eigenvalue weighted by molar-refractivity contribution is 0.102. The van der Waals surface area contributed by atoms with Gasteiger partial charge < -0.3 is 14.8 Å². The van der Waals surface area contributed by atoms with E-state index < -0.39 is 0 Å². The molecule has 130 valence electrons. The zero-order valence-corrected chi connectivity index (χ0v) is 15.3. The third-order valence-electron chi connectivity index (χ3n) is 3.69. The number of carbonyl (C=O) groups is 1. The van der Waals surface area contributed by atoms with Gasteiger partial charge in [0.25, 0.3) is 5.91 Å². The minimum absolute atomic E-state index is 0.337. The van der Waals surface area contributed by atoms with Gasteiger partial charge in [0.15, 0.2) is 5.65 Å². The van der Waals surface area contributed by atoms with Crippen molar-refractivity contribution < 1.29 is 14.3 Å². The number of nitrogens with zero attached hydrogens (tertiary/aromatic N) is 2. The van der Waals surface area contributed by atoms with E-state index in [2.05, 4.69) is 10.3 Å². The molecule has 0 aliphatic rings. The van der Waals surface area contributed by atoms with Crippen molar-refractivity contribution in [3.05, 3.63) is 51.9 Å². The van der Waals surface area contributed by atoms with Crippen LogP contribution in [0.2, 0.25) is 10.0 Å². The van der Waals surface area contributed by atoms with Gasteiger partial charge in [0.1, 0.15) is 17.2 Å². The second-order valence-electron chi connectivity index (χ2n) is 5.27. The lowest BCUT2D eigenvalue weighted by Gasteiger charge is -2.12. The number of pyridine rings is 1. The van der Waals surface area contributed by atoms with E-state index in [1.165, 1.54) is 7.11 Å². The first-order chi connectivity index (χ1) is 11.9. The van der Waals surface area contributed by atoms with E-state index in [1.54, 1.807) is 48.9 Å². The lowest BCUT2D eigenvalue weighted by Crippen LogP contribution is -2.16. The molecule has 0 aliphatic heterocycles. The van der Waals surface area contributed by atoms with E-state index in [9.17, 15) is 4.79 Å². The summed E-state index contributed by atoms with van der Waals surface area (Å²) in [4.78, 5) is 17.2. The number of imidazole rings is 1. The highest BCUT2D eigenvalue weighted by molar-refractivity contribution is 6.36. The maximum Gasteiger partial charge on any atom is 0.274 e. The molecule has 1 aromatic carbocycles. The van der Waals surface area contributed by atoms with Crippen LogP contribution in [0.15, 0.2) is 30.5 Å². The summed E-state index contributed by atoms with van der Waals surface area (Å²) in [7, 11) is 3.07. The van der Waals surface area contributed by atoms with E-state index in [4.69, 9.17) is 32.7 Å². The van der Waals surface area contributed by atoms with Crippen LogP contribution in [0.1, 0.15) is 16.2 Å². The lowest BCUT2D eigenvalue weighted by atomic mass is 10.2. The Kier molecular flexibility index (Phi) is 4.74. The highest BCUT2D eigenvalue weighted by atomic mass is 35.5. The van der Waals surface area contributed by atoms with Gasteiger partial charge in [0.05, 0.1) is 35.6 Å². The molecule has 3 aromatic rings. The van der Waals surface area contributed by atoms with Crippen molar-refractivity contribution in [2.75, 3.05) is 19.5 Å². The van der Waals surface area contributed by atoms with Gasteiger partial charge in [-0.1, -0.05) is 23.2 Å². The number of methoxy groups -OCH3 is 2. The molecule has 3 rings (SSSR count). The van der Waals surface area contributed by atoms with Crippen LogP contribution in [0.4, 0.5) is 5.69 Å². The van der Waals surface area contributed by atoms with Crippen molar-refractivity contribution in [1.29, 1.82) is 0 Å². The van der Waals surface area contributed by atoms with Gasteiger partial charge in [-0.2, -0.15) is 0 Å². The Morgan fingerprint density at radius 1 is 1.20 bits per heavy atom. The highest BCUT2D eigenvalue weighted by Gasteiger charge is 2.20. The molecule has 2 heterocycles. The van der Waals surface area contributed by atoms with Gasteiger partial charge in [-0.3, -0.25) is 9.20 Å². The Bertz CT molecular complexity index is 969. The minimum atomic E-state index is -0.366. The summed E-state index contributed by atoms with van der Waals surface area (Å²) in [5.41, 5.74) is 1.81. The van der Waals surface area contributed by atoms with E-state index in [0.717, 1.165) is 0 Å². The number of hydrogen-bond acceptors (Lipinski definition) is 4. The molecule has 1 amide bonds. The second kappa shape index (κ2) is 6.82. The van der Waals surface area contributed by atoms with Crippen molar-refractivity contribution in [2.24, 2.45) is 0 Å². The molecule has 0 atom stereocenters. The van der Waals surface area contributed by atoms with Crippen molar-refractivity contribution in [2.45, 2.75) is 6.92 Å². The zero-order valence-electron chi connectivity index (χ0n) is 13.8. The molecule has 2 aromatic heterocycles. The van der Waals surface area contributed by atoms with Crippen LogP contribution in [-0.2, 0) is 0 Å². The Labute approximate surface area is 154 Å². The SMILES string of the molecule is COc1ccc(OC)c(NC(=O)c2c(C)nc3c(Cl)cc(Cl)cn23)c1. The minimum Gasteiger partial charge on any atom is -0.497 e. The molecule has 0 bridgehead atoms. The maximum absolute atomic E-state index is 12.8. The molecule has 0 unspecified atom stereocenters. The van der Waals surface area contributed by atoms with E-state index >= 15 is 0 Å². The first-order valence-corrected chi connectivity index (χ1v) is 8.07. The van der Waals surface area contributed by atoms with Crippen molar-refractivity contribution in [3.8, 4) is 11.5 Å². The number of rotatable bonds is 4. The Hall–Kier alpha value is -2.44. The number of anilines is 1. The summed E-state index contributed by atoms with van der Waals surface area (Å²) in [6.45, 7) is 1.73. The molecular weight excluding hydrogens is 365 g/mol. The average molecular weight is 380 g/mol. The van der Waals surface area contributed by atoms with Gasteiger partial charge in [0.2, 0.25) is 0 Å². The molecule has 25 heavy (non-hydrogen) atoms. The fourth-order valence-corrected chi connectivity index (χ4v) is 3.07. The number of hydrogen-bond donors (Lipinski definition) is 1. The second-order valence-corrected chi connectivity index (χ2v) is 6.11. The number of benzene rings is 1. The van der Waals surface area contributed by atoms with Gasteiger partial charge in [-0.05, 0) is 25.1 Å². The summed E-state index contributed by atoms with van der Waals surface area (Å²) in [6, 6.07) is 6.71. The number of halogens is 2. The van der Waals surface area contributed by atoms with Gasteiger partial charge in [-0.15, -0.1) is 0 Å². The van der Waals surface area contributed by atoms with Crippen LogP contribution in [0, 0.1) is 6.92 Å². The maximum atomic E-state index is 12.8. The number of nitrogens with one attached hydrogen (secondary N) is 1. The molecule has 8 heteroatoms. The molecule has 0 saturated carbocycles.